The standard InChI is InChI=1S/C25H20BrOP/c1-19-9-8-14-24(25(19)26)20-15-17-23(18-16-20)28(27,21-10-4-2-5-11-21)22-12-6-3-7-13-22/h2-18H,1H3. The minimum absolute atomic E-state index is 0.845. The van der Waals surface area contributed by atoms with E-state index in [0.717, 1.165) is 31.5 Å². The fourth-order valence-corrected chi connectivity index (χ4v) is 6.58. The first kappa shape index (κ1) is 18.9. The van der Waals surface area contributed by atoms with Crippen LogP contribution in [0.4, 0.5) is 0 Å². The average Bonchev–Trinajstić information content (AvgIpc) is 2.76. The van der Waals surface area contributed by atoms with Crippen LogP contribution in [-0.2, 0) is 4.57 Å². The molecule has 0 radical (unpaired) electrons. The van der Waals surface area contributed by atoms with E-state index in [1.807, 2.05) is 72.8 Å². The second kappa shape index (κ2) is 7.91. The summed E-state index contributed by atoms with van der Waals surface area (Å²) in [5, 5.41) is 2.55. The maximum atomic E-state index is 14.4. The van der Waals surface area contributed by atoms with Crippen LogP contribution in [0.2, 0.25) is 0 Å². The van der Waals surface area contributed by atoms with E-state index >= 15 is 0 Å². The number of hydrogen-bond acceptors (Lipinski definition) is 1. The largest absolute Gasteiger partial charge is 0.309 e. The van der Waals surface area contributed by atoms with Gasteiger partial charge in [-0.3, -0.25) is 0 Å². The molecule has 0 heterocycles. The Bertz CT molecular complexity index is 1090. The van der Waals surface area contributed by atoms with Crippen LogP contribution in [0.3, 0.4) is 0 Å². The SMILES string of the molecule is Cc1cccc(-c2ccc(P(=O)(c3ccccc3)c3ccccc3)cc2)c1Br. The highest BCUT2D eigenvalue weighted by atomic mass is 79.9. The first-order valence-corrected chi connectivity index (χ1v) is 11.7. The predicted octanol–water partition coefficient (Wildman–Crippen LogP) is 6.06. The van der Waals surface area contributed by atoms with Crippen LogP contribution in [0, 0.1) is 6.92 Å². The van der Waals surface area contributed by atoms with Crippen molar-refractivity contribution in [3.8, 4) is 11.1 Å². The molecule has 0 unspecified atom stereocenters. The van der Waals surface area contributed by atoms with Gasteiger partial charge in [0.15, 0.2) is 7.14 Å². The monoisotopic (exact) mass is 446 g/mol. The van der Waals surface area contributed by atoms with Gasteiger partial charge < -0.3 is 4.57 Å². The molecule has 0 aliphatic carbocycles. The van der Waals surface area contributed by atoms with Crippen molar-refractivity contribution in [2.24, 2.45) is 0 Å². The van der Waals surface area contributed by atoms with Crippen molar-refractivity contribution in [1.29, 1.82) is 0 Å². The lowest BCUT2D eigenvalue weighted by Crippen LogP contribution is -2.24. The van der Waals surface area contributed by atoms with Crippen LogP contribution in [0.1, 0.15) is 5.56 Å². The Labute approximate surface area is 174 Å². The number of benzene rings is 4. The Balaban J connectivity index is 1.85. The number of rotatable bonds is 4. The minimum Gasteiger partial charge on any atom is -0.309 e. The van der Waals surface area contributed by atoms with Gasteiger partial charge in [0.1, 0.15) is 0 Å². The van der Waals surface area contributed by atoms with Crippen LogP contribution < -0.4 is 15.9 Å². The zero-order chi connectivity index (χ0) is 19.6. The van der Waals surface area contributed by atoms with Crippen molar-refractivity contribution in [2.45, 2.75) is 6.92 Å². The molecule has 4 aromatic carbocycles. The maximum Gasteiger partial charge on any atom is 0.171 e. The molecule has 0 spiro atoms. The first-order valence-electron chi connectivity index (χ1n) is 9.18. The Morgan fingerprint density at radius 1 is 0.607 bits per heavy atom. The minimum atomic E-state index is -2.92. The highest BCUT2D eigenvalue weighted by Crippen LogP contribution is 2.42. The summed E-state index contributed by atoms with van der Waals surface area (Å²) in [5.41, 5.74) is 3.44. The van der Waals surface area contributed by atoms with Crippen LogP contribution in [0.15, 0.2) is 108 Å². The van der Waals surface area contributed by atoms with E-state index in [-0.39, 0.29) is 0 Å². The molecule has 0 aliphatic rings. The van der Waals surface area contributed by atoms with Crippen LogP contribution in [-0.4, -0.2) is 0 Å². The molecule has 0 bridgehead atoms. The normalized spacial score (nSPS) is 11.4. The summed E-state index contributed by atoms with van der Waals surface area (Å²) in [7, 11) is -2.92. The van der Waals surface area contributed by atoms with Gasteiger partial charge in [-0.05, 0) is 39.5 Å². The summed E-state index contributed by atoms with van der Waals surface area (Å²) < 4.78 is 15.5. The van der Waals surface area contributed by atoms with E-state index in [1.165, 1.54) is 5.56 Å². The van der Waals surface area contributed by atoms with Gasteiger partial charge in [-0.15, -0.1) is 0 Å². The zero-order valence-corrected chi connectivity index (χ0v) is 18.0. The fourth-order valence-electron chi connectivity index (χ4n) is 3.44. The smallest absolute Gasteiger partial charge is 0.171 e. The van der Waals surface area contributed by atoms with E-state index in [4.69, 9.17) is 0 Å². The summed E-state index contributed by atoms with van der Waals surface area (Å²) in [5.74, 6) is 0. The van der Waals surface area contributed by atoms with Gasteiger partial charge in [0.2, 0.25) is 0 Å². The molecule has 0 N–H and O–H groups in total. The van der Waals surface area contributed by atoms with Gasteiger partial charge in [0.25, 0.3) is 0 Å². The molecule has 28 heavy (non-hydrogen) atoms. The van der Waals surface area contributed by atoms with Gasteiger partial charge in [-0.2, -0.15) is 0 Å². The van der Waals surface area contributed by atoms with Crippen molar-refractivity contribution in [2.75, 3.05) is 0 Å². The Morgan fingerprint density at radius 3 is 1.64 bits per heavy atom. The van der Waals surface area contributed by atoms with Crippen molar-refractivity contribution < 1.29 is 4.57 Å². The van der Waals surface area contributed by atoms with E-state index in [9.17, 15) is 4.57 Å². The van der Waals surface area contributed by atoms with E-state index in [0.29, 0.717) is 0 Å². The lowest BCUT2D eigenvalue weighted by Gasteiger charge is -2.20. The molecule has 4 rings (SSSR count). The molecule has 0 aliphatic heterocycles. The van der Waals surface area contributed by atoms with E-state index in [1.54, 1.807) is 0 Å². The van der Waals surface area contributed by atoms with Crippen LogP contribution >= 0.6 is 23.1 Å². The van der Waals surface area contributed by atoms with Gasteiger partial charge in [0.05, 0.1) is 0 Å². The molecule has 3 heteroatoms. The second-order valence-electron chi connectivity index (χ2n) is 6.76. The first-order chi connectivity index (χ1) is 13.6. The highest BCUT2D eigenvalue weighted by Gasteiger charge is 2.29. The average molecular weight is 447 g/mol. The van der Waals surface area contributed by atoms with E-state index in [2.05, 4.69) is 53.2 Å². The Hall–Kier alpha value is -2.41. The third-order valence-electron chi connectivity index (χ3n) is 4.97. The summed E-state index contributed by atoms with van der Waals surface area (Å²) >= 11 is 3.69. The summed E-state index contributed by atoms with van der Waals surface area (Å²) in [6, 6.07) is 33.9. The molecule has 0 amide bonds. The quantitative estimate of drug-likeness (QED) is 0.348. The molecule has 0 fully saturated rings. The molecular formula is C25H20BrOP. The molecule has 138 valence electrons. The Kier molecular flexibility index (Phi) is 5.35. The van der Waals surface area contributed by atoms with Crippen molar-refractivity contribution in [1.82, 2.24) is 0 Å². The number of halogens is 1. The third-order valence-corrected chi connectivity index (χ3v) is 9.10. The molecule has 0 saturated heterocycles. The molecule has 0 saturated carbocycles. The van der Waals surface area contributed by atoms with Crippen LogP contribution in [0.25, 0.3) is 11.1 Å². The van der Waals surface area contributed by atoms with Crippen LogP contribution in [0.5, 0.6) is 0 Å². The topological polar surface area (TPSA) is 17.1 Å². The van der Waals surface area contributed by atoms with Crippen molar-refractivity contribution >= 4 is 39.0 Å². The van der Waals surface area contributed by atoms with Gasteiger partial charge in [0, 0.05) is 20.4 Å². The summed E-state index contributed by atoms with van der Waals surface area (Å²) in [6.45, 7) is 2.08. The number of aryl methyl sites for hydroxylation is 1. The summed E-state index contributed by atoms with van der Waals surface area (Å²) in [4.78, 5) is 0. The van der Waals surface area contributed by atoms with Crippen molar-refractivity contribution in [3.63, 3.8) is 0 Å². The predicted molar refractivity (Wildman–Crippen MR) is 124 cm³/mol. The molecular weight excluding hydrogens is 427 g/mol. The molecule has 1 nitrogen and oxygen atoms in total. The lowest BCUT2D eigenvalue weighted by molar-refractivity contribution is 0.592. The van der Waals surface area contributed by atoms with E-state index < -0.39 is 7.14 Å². The van der Waals surface area contributed by atoms with Gasteiger partial charge >= 0.3 is 0 Å². The maximum absolute atomic E-state index is 14.4. The molecule has 0 aromatic heterocycles. The second-order valence-corrected chi connectivity index (χ2v) is 10.3. The van der Waals surface area contributed by atoms with Crippen molar-refractivity contribution in [3.05, 3.63) is 113 Å². The molecule has 4 aromatic rings. The lowest BCUT2D eigenvalue weighted by atomic mass is 10.0. The van der Waals surface area contributed by atoms with Gasteiger partial charge in [-0.1, -0.05) is 103 Å². The highest BCUT2D eigenvalue weighted by molar-refractivity contribution is 9.10. The fraction of sp³-hybridized carbons (Fsp3) is 0.0400. The third kappa shape index (κ3) is 3.39. The summed E-state index contributed by atoms with van der Waals surface area (Å²) in [6.07, 6.45) is 0. The Morgan fingerprint density at radius 2 is 1.11 bits per heavy atom. The van der Waals surface area contributed by atoms with Gasteiger partial charge in [-0.25, -0.2) is 0 Å². The number of hydrogen-bond donors (Lipinski definition) is 0. The zero-order valence-electron chi connectivity index (χ0n) is 15.5. The molecule has 0 atom stereocenters.